The summed E-state index contributed by atoms with van der Waals surface area (Å²) in [6.45, 7) is 1.67. The summed E-state index contributed by atoms with van der Waals surface area (Å²) in [6, 6.07) is 0.134. The number of aromatic amines is 1. The third kappa shape index (κ3) is 1.42. The summed E-state index contributed by atoms with van der Waals surface area (Å²) in [4.78, 5) is 24.7. The number of aromatic nitrogens is 2. The van der Waals surface area contributed by atoms with Gasteiger partial charge in [0.15, 0.2) is 0 Å². The van der Waals surface area contributed by atoms with Crippen molar-refractivity contribution in [1.29, 1.82) is 0 Å². The summed E-state index contributed by atoms with van der Waals surface area (Å²) in [6.07, 6.45) is 4.03. The maximum absolute atomic E-state index is 11.3. The molecule has 0 aliphatic carbocycles. The number of H-pyrrole nitrogens is 1. The molecule has 1 fully saturated rings. The Balaban J connectivity index is 2.45. The largest absolute Gasteiger partial charge is 0.323 e. The molecule has 70 valence electrons. The van der Waals surface area contributed by atoms with Crippen LogP contribution in [0.15, 0.2) is 22.0 Å². The Hall–Kier alpha value is -1.36. The Morgan fingerprint density at radius 3 is 3.00 bits per heavy atom. The van der Waals surface area contributed by atoms with Crippen LogP contribution in [0.3, 0.4) is 0 Å². The minimum atomic E-state index is -0.547. The van der Waals surface area contributed by atoms with Crippen LogP contribution >= 0.6 is 0 Å². The van der Waals surface area contributed by atoms with Gasteiger partial charge in [-0.1, -0.05) is 0 Å². The van der Waals surface area contributed by atoms with E-state index in [4.69, 9.17) is 0 Å². The van der Waals surface area contributed by atoms with Crippen molar-refractivity contribution in [2.75, 3.05) is 13.1 Å². The number of hydrogen-bond donors (Lipinski definition) is 2. The molecule has 0 bridgehead atoms. The zero-order valence-electron chi connectivity index (χ0n) is 7.12. The van der Waals surface area contributed by atoms with E-state index in [1.54, 1.807) is 6.20 Å². The van der Waals surface area contributed by atoms with Crippen molar-refractivity contribution in [3.8, 4) is 0 Å². The maximum atomic E-state index is 11.3. The first-order valence-corrected chi connectivity index (χ1v) is 4.29. The monoisotopic (exact) mass is 181 g/mol. The molecule has 0 unspecified atom stereocenters. The Bertz CT molecular complexity index is 400. The normalized spacial score (nSPS) is 22.0. The van der Waals surface area contributed by atoms with Crippen molar-refractivity contribution in [2.24, 2.45) is 0 Å². The molecule has 2 N–H and O–H groups in total. The van der Waals surface area contributed by atoms with E-state index in [0.29, 0.717) is 0 Å². The number of rotatable bonds is 1. The van der Waals surface area contributed by atoms with Gasteiger partial charge in [0.05, 0.1) is 6.04 Å². The van der Waals surface area contributed by atoms with Gasteiger partial charge in [-0.05, 0) is 13.0 Å². The molecule has 1 aliphatic rings. The van der Waals surface area contributed by atoms with Crippen molar-refractivity contribution < 1.29 is 0 Å². The number of nitrogens with one attached hydrogen (secondary N) is 2. The summed E-state index contributed by atoms with van der Waals surface area (Å²) in [7, 11) is 0. The van der Waals surface area contributed by atoms with Gasteiger partial charge in [0, 0.05) is 18.9 Å². The zero-order chi connectivity index (χ0) is 9.26. The van der Waals surface area contributed by atoms with Crippen LogP contribution in [-0.2, 0) is 0 Å². The minimum Gasteiger partial charge on any atom is -0.323 e. The van der Waals surface area contributed by atoms with E-state index in [0.717, 1.165) is 19.5 Å². The molecule has 1 aromatic heterocycles. The van der Waals surface area contributed by atoms with E-state index in [2.05, 4.69) is 10.3 Å². The lowest BCUT2D eigenvalue weighted by Gasteiger charge is -2.10. The van der Waals surface area contributed by atoms with Crippen LogP contribution in [0, 0.1) is 0 Å². The molecule has 1 saturated heterocycles. The van der Waals surface area contributed by atoms with Crippen molar-refractivity contribution >= 4 is 0 Å². The van der Waals surface area contributed by atoms with Gasteiger partial charge in [0.2, 0.25) is 0 Å². The van der Waals surface area contributed by atoms with Crippen LogP contribution in [0.5, 0.6) is 0 Å². The highest BCUT2D eigenvalue weighted by Crippen LogP contribution is 2.10. The molecule has 0 amide bonds. The van der Waals surface area contributed by atoms with Gasteiger partial charge < -0.3 is 14.9 Å². The molecule has 13 heavy (non-hydrogen) atoms. The van der Waals surface area contributed by atoms with Gasteiger partial charge in [0.1, 0.15) is 0 Å². The third-order valence-electron chi connectivity index (χ3n) is 2.31. The van der Waals surface area contributed by atoms with E-state index in [1.165, 1.54) is 10.8 Å². The number of hydrogen-bond acceptors (Lipinski definition) is 3. The fourth-order valence-electron chi connectivity index (χ4n) is 1.60. The van der Waals surface area contributed by atoms with Crippen LogP contribution in [0.1, 0.15) is 12.5 Å². The Kier molecular flexibility index (Phi) is 2.02. The van der Waals surface area contributed by atoms with Gasteiger partial charge in [-0.15, -0.1) is 0 Å². The van der Waals surface area contributed by atoms with Crippen molar-refractivity contribution in [2.45, 2.75) is 12.5 Å². The summed E-state index contributed by atoms with van der Waals surface area (Å²) in [5.41, 5.74) is -1.01. The van der Waals surface area contributed by atoms with E-state index in [1.807, 2.05) is 0 Å². The van der Waals surface area contributed by atoms with Crippen LogP contribution in [0.25, 0.3) is 0 Å². The topological polar surface area (TPSA) is 66.9 Å². The summed E-state index contributed by atoms with van der Waals surface area (Å²) in [5.74, 6) is 0. The molecule has 1 atom stereocenters. The molecule has 2 heterocycles. The predicted octanol–water partition coefficient (Wildman–Crippen LogP) is -0.929. The van der Waals surface area contributed by atoms with E-state index < -0.39 is 11.1 Å². The van der Waals surface area contributed by atoms with Gasteiger partial charge in [0.25, 0.3) is 0 Å². The fraction of sp³-hybridized carbons (Fsp3) is 0.500. The average Bonchev–Trinajstić information content (AvgIpc) is 2.62. The van der Waals surface area contributed by atoms with Crippen molar-refractivity contribution in [3.05, 3.63) is 33.1 Å². The standard InChI is InChI=1S/C8H11N3O2/c12-7-8(13)11(4-3-10-7)6-1-2-9-5-6/h3-4,6,9H,1-2,5H2,(H,10,12)/t6-/m0/s1. The molecule has 1 aromatic rings. The van der Waals surface area contributed by atoms with E-state index in [9.17, 15) is 9.59 Å². The lowest BCUT2D eigenvalue weighted by molar-refractivity contribution is 0.522. The second-order valence-electron chi connectivity index (χ2n) is 3.15. The lowest BCUT2D eigenvalue weighted by Crippen LogP contribution is -2.37. The molecule has 5 nitrogen and oxygen atoms in total. The van der Waals surface area contributed by atoms with E-state index in [-0.39, 0.29) is 6.04 Å². The third-order valence-corrected chi connectivity index (χ3v) is 2.31. The predicted molar refractivity (Wildman–Crippen MR) is 47.8 cm³/mol. The summed E-state index contributed by atoms with van der Waals surface area (Å²) in [5, 5.41) is 3.15. The highest BCUT2D eigenvalue weighted by atomic mass is 16.2. The number of nitrogens with zero attached hydrogens (tertiary/aromatic N) is 1. The van der Waals surface area contributed by atoms with Crippen LogP contribution in [0.2, 0.25) is 0 Å². The van der Waals surface area contributed by atoms with Crippen molar-refractivity contribution in [3.63, 3.8) is 0 Å². The summed E-state index contributed by atoms with van der Waals surface area (Å²) >= 11 is 0. The van der Waals surface area contributed by atoms with Crippen LogP contribution in [-0.4, -0.2) is 22.6 Å². The Labute approximate surface area is 74.4 Å². The highest BCUT2D eigenvalue weighted by molar-refractivity contribution is 4.88. The van der Waals surface area contributed by atoms with Gasteiger partial charge in [-0.2, -0.15) is 0 Å². The average molecular weight is 181 g/mol. The van der Waals surface area contributed by atoms with Crippen LogP contribution in [0.4, 0.5) is 0 Å². The van der Waals surface area contributed by atoms with Crippen molar-refractivity contribution in [1.82, 2.24) is 14.9 Å². The molecule has 0 radical (unpaired) electrons. The molecule has 2 rings (SSSR count). The van der Waals surface area contributed by atoms with Gasteiger partial charge in [-0.25, -0.2) is 0 Å². The van der Waals surface area contributed by atoms with E-state index >= 15 is 0 Å². The molecule has 1 aliphatic heterocycles. The lowest BCUT2D eigenvalue weighted by atomic mass is 10.2. The second-order valence-corrected chi connectivity index (χ2v) is 3.15. The van der Waals surface area contributed by atoms with Gasteiger partial charge >= 0.3 is 11.1 Å². The Morgan fingerprint density at radius 2 is 2.31 bits per heavy atom. The summed E-state index contributed by atoms with van der Waals surface area (Å²) < 4.78 is 1.50. The highest BCUT2D eigenvalue weighted by Gasteiger charge is 2.17. The first-order valence-electron chi connectivity index (χ1n) is 4.29. The first kappa shape index (κ1) is 8.25. The smallest absolute Gasteiger partial charge is 0.316 e. The minimum absolute atomic E-state index is 0.134. The quantitative estimate of drug-likeness (QED) is 0.550. The molecular weight excluding hydrogens is 170 g/mol. The maximum Gasteiger partial charge on any atom is 0.316 e. The first-order chi connectivity index (χ1) is 6.29. The fourth-order valence-corrected chi connectivity index (χ4v) is 1.60. The van der Waals surface area contributed by atoms with Crippen LogP contribution < -0.4 is 16.4 Å². The molecule has 5 heteroatoms. The zero-order valence-corrected chi connectivity index (χ0v) is 7.12. The Morgan fingerprint density at radius 1 is 1.46 bits per heavy atom. The molecule has 0 aromatic carbocycles. The second kappa shape index (κ2) is 3.18. The SMILES string of the molecule is O=c1[nH]ccn([C@H]2CCNC2)c1=O. The molecular formula is C8H11N3O2. The molecule has 0 saturated carbocycles. The van der Waals surface area contributed by atoms with Gasteiger partial charge in [-0.3, -0.25) is 9.59 Å². The molecule has 0 spiro atoms.